The smallest absolute Gasteiger partial charge is 0.253 e. The Balaban J connectivity index is 1.56. The summed E-state index contributed by atoms with van der Waals surface area (Å²) in [5, 5.41) is 2.82. The van der Waals surface area contributed by atoms with E-state index in [0.29, 0.717) is 12.4 Å². The number of amides is 1. The standard InChI is InChI=1S/C22H24Cl2N2O5S/c1-3-30-19-7-13-6-12(2)31-20(13)8-14(19)11-25-22(27)16-9-21(18(24)10-17(16)23)32(28,29)26-15-4-5-15/h7-10,12,15,26H,3-6,11H2,1-2H3,(H,25,27)/t12-/m0/s1. The predicted molar refractivity (Wildman–Crippen MR) is 122 cm³/mol. The lowest BCUT2D eigenvalue weighted by Crippen LogP contribution is -2.27. The molecule has 1 fully saturated rings. The SMILES string of the molecule is CCOc1cc2c(cc1CNC(=O)c1cc(S(=O)(=O)NC3CC3)c(Cl)cc1Cl)O[C@@H](C)C2. The third-order valence-electron chi connectivity index (χ3n) is 5.27. The van der Waals surface area contributed by atoms with Crippen LogP contribution in [0.4, 0.5) is 0 Å². The zero-order chi connectivity index (χ0) is 23.0. The maximum absolute atomic E-state index is 12.9. The van der Waals surface area contributed by atoms with Gasteiger partial charge in [-0.05, 0) is 51.0 Å². The fraction of sp³-hybridized carbons (Fsp3) is 0.409. The predicted octanol–water partition coefficient (Wildman–Crippen LogP) is 4.09. The summed E-state index contributed by atoms with van der Waals surface area (Å²) in [6.07, 6.45) is 2.45. The summed E-state index contributed by atoms with van der Waals surface area (Å²) in [5.74, 6) is 0.921. The van der Waals surface area contributed by atoms with Crippen LogP contribution in [0, 0.1) is 0 Å². The molecule has 2 aliphatic rings. The second kappa shape index (κ2) is 9.09. The first-order valence-electron chi connectivity index (χ1n) is 10.4. The summed E-state index contributed by atoms with van der Waals surface area (Å²) in [7, 11) is -3.85. The Morgan fingerprint density at radius 3 is 2.62 bits per heavy atom. The molecule has 1 amide bonds. The number of ether oxygens (including phenoxy) is 2. The van der Waals surface area contributed by atoms with Gasteiger partial charge in [0.2, 0.25) is 10.0 Å². The lowest BCUT2D eigenvalue weighted by Gasteiger charge is -2.15. The third kappa shape index (κ3) is 4.98. The van der Waals surface area contributed by atoms with Gasteiger partial charge in [0.25, 0.3) is 5.91 Å². The number of nitrogens with one attached hydrogen (secondary N) is 2. The van der Waals surface area contributed by atoms with Crippen LogP contribution in [0.3, 0.4) is 0 Å². The van der Waals surface area contributed by atoms with Gasteiger partial charge in [-0.3, -0.25) is 4.79 Å². The number of sulfonamides is 1. The van der Waals surface area contributed by atoms with Gasteiger partial charge in [-0.15, -0.1) is 0 Å². The molecule has 0 radical (unpaired) electrons. The average Bonchev–Trinajstić information content (AvgIpc) is 3.43. The molecule has 2 aromatic rings. The van der Waals surface area contributed by atoms with E-state index >= 15 is 0 Å². The minimum absolute atomic E-state index is 0.0243. The van der Waals surface area contributed by atoms with Crippen molar-refractivity contribution in [1.29, 1.82) is 0 Å². The van der Waals surface area contributed by atoms with Gasteiger partial charge in [0.05, 0.1) is 22.2 Å². The van der Waals surface area contributed by atoms with Crippen molar-refractivity contribution in [3.63, 3.8) is 0 Å². The van der Waals surface area contributed by atoms with Gasteiger partial charge in [-0.1, -0.05) is 23.2 Å². The van der Waals surface area contributed by atoms with E-state index in [4.69, 9.17) is 32.7 Å². The van der Waals surface area contributed by atoms with E-state index in [1.54, 1.807) is 0 Å². The van der Waals surface area contributed by atoms with Crippen LogP contribution in [0.1, 0.15) is 48.2 Å². The molecule has 172 valence electrons. The Labute approximate surface area is 197 Å². The first kappa shape index (κ1) is 23.2. The van der Waals surface area contributed by atoms with Gasteiger partial charge in [-0.25, -0.2) is 13.1 Å². The number of benzene rings is 2. The second-order valence-corrected chi connectivity index (χ2v) is 10.5. The number of carbonyl (C=O) groups excluding carboxylic acids is 1. The monoisotopic (exact) mass is 498 g/mol. The van der Waals surface area contributed by atoms with E-state index < -0.39 is 15.9 Å². The number of rotatable bonds is 8. The van der Waals surface area contributed by atoms with Gasteiger partial charge < -0.3 is 14.8 Å². The Morgan fingerprint density at radius 2 is 1.94 bits per heavy atom. The molecule has 1 heterocycles. The van der Waals surface area contributed by atoms with Gasteiger partial charge in [0, 0.05) is 30.1 Å². The second-order valence-electron chi connectivity index (χ2n) is 7.97. The molecular weight excluding hydrogens is 475 g/mol. The highest BCUT2D eigenvalue weighted by atomic mass is 35.5. The highest BCUT2D eigenvalue weighted by Gasteiger charge is 2.30. The summed E-state index contributed by atoms with van der Waals surface area (Å²) in [6.45, 7) is 4.52. The summed E-state index contributed by atoms with van der Waals surface area (Å²) in [4.78, 5) is 12.7. The molecule has 10 heteroatoms. The molecular formula is C22H24Cl2N2O5S. The van der Waals surface area contributed by atoms with Crippen molar-refractivity contribution >= 4 is 39.1 Å². The molecule has 32 heavy (non-hydrogen) atoms. The van der Waals surface area contributed by atoms with Crippen LogP contribution in [0.25, 0.3) is 0 Å². The molecule has 1 saturated carbocycles. The third-order valence-corrected chi connectivity index (χ3v) is 7.57. The maximum atomic E-state index is 12.9. The molecule has 4 rings (SSSR count). The Bertz CT molecular complexity index is 1170. The van der Waals surface area contributed by atoms with Crippen LogP contribution >= 0.6 is 23.2 Å². The first-order valence-corrected chi connectivity index (χ1v) is 12.7. The summed E-state index contributed by atoms with van der Waals surface area (Å²) in [5.41, 5.74) is 1.84. The Hall–Kier alpha value is -2.00. The lowest BCUT2D eigenvalue weighted by atomic mass is 10.1. The molecule has 0 unspecified atom stereocenters. The van der Waals surface area contributed by atoms with E-state index in [-0.39, 0.29) is 39.2 Å². The Morgan fingerprint density at radius 1 is 1.19 bits per heavy atom. The van der Waals surface area contributed by atoms with Crippen molar-refractivity contribution in [3.05, 3.63) is 51.0 Å². The van der Waals surface area contributed by atoms with Crippen LogP contribution < -0.4 is 19.5 Å². The number of carbonyl (C=O) groups is 1. The van der Waals surface area contributed by atoms with Gasteiger partial charge in [-0.2, -0.15) is 0 Å². The van der Waals surface area contributed by atoms with Crippen molar-refractivity contribution in [3.8, 4) is 11.5 Å². The van der Waals surface area contributed by atoms with Crippen molar-refractivity contribution in [1.82, 2.24) is 10.0 Å². The zero-order valence-corrected chi connectivity index (χ0v) is 20.0. The van der Waals surface area contributed by atoms with E-state index in [1.807, 2.05) is 26.0 Å². The van der Waals surface area contributed by atoms with E-state index in [1.165, 1.54) is 12.1 Å². The highest BCUT2D eigenvalue weighted by molar-refractivity contribution is 7.89. The number of halogens is 2. The van der Waals surface area contributed by atoms with Crippen LogP contribution in [-0.2, 0) is 23.0 Å². The molecule has 0 spiro atoms. The fourth-order valence-corrected chi connectivity index (χ4v) is 5.74. The average molecular weight is 499 g/mol. The molecule has 0 aromatic heterocycles. The summed E-state index contributed by atoms with van der Waals surface area (Å²) < 4.78 is 39.4. The van der Waals surface area contributed by atoms with E-state index in [0.717, 1.165) is 36.1 Å². The van der Waals surface area contributed by atoms with Crippen molar-refractivity contribution in [2.24, 2.45) is 0 Å². The van der Waals surface area contributed by atoms with Crippen molar-refractivity contribution in [2.45, 2.75) is 56.7 Å². The van der Waals surface area contributed by atoms with Crippen LogP contribution in [0.15, 0.2) is 29.2 Å². The lowest BCUT2D eigenvalue weighted by molar-refractivity contribution is 0.0950. The normalized spacial score (nSPS) is 17.6. The molecule has 1 aliphatic carbocycles. The summed E-state index contributed by atoms with van der Waals surface area (Å²) >= 11 is 12.3. The largest absolute Gasteiger partial charge is 0.494 e. The van der Waals surface area contributed by atoms with Gasteiger partial charge in [0.15, 0.2) is 0 Å². The quantitative estimate of drug-likeness (QED) is 0.571. The maximum Gasteiger partial charge on any atom is 0.253 e. The van der Waals surface area contributed by atoms with Crippen LogP contribution in [0.2, 0.25) is 10.0 Å². The van der Waals surface area contributed by atoms with Crippen LogP contribution in [0.5, 0.6) is 11.5 Å². The molecule has 1 aliphatic heterocycles. The molecule has 0 bridgehead atoms. The van der Waals surface area contributed by atoms with Crippen molar-refractivity contribution in [2.75, 3.05) is 6.61 Å². The zero-order valence-electron chi connectivity index (χ0n) is 17.7. The minimum Gasteiger partial charge on any atom is -0.494 e. The number of hydrogen-bond donors (Lipinski definition) is 2. The summed E-state index contributed by atoms with van der Waals surface area (Å²) in [6, 6.07) is 6.19. The molecule has 7 nitrogen and oxygen atoms in total. The topological polar surface area (TPSA) is 93.7 Å². The number of fused-ring (bicyclic) bond motifs is 1. The molecule has 0 saturated heterocycles. The fourth-order valence-electron chi connectivity index (χ4n) is 3.57. The Kier molecular flexibility index (Phi) is 6.58. The highest BCUT2D eigenvalue weighted by Crippen LogP contribution is 2.35. The van der Waals surface area contributed by atoms with Gasteiger partial charge in [0.1, 0.15) is 22.5 Å². The minimum atomic E-state index is -3.85. The van der Waals surface area contributed by atoms with Gasteiger partial charge >= 0.3 is 0 Å². The molecule has 1 atom stereocenters. The van der Waals surface area contributed by atoms with E-state index in [9.17, 15) is 13.2 Å². The van der Waals surface area contributed by atoms with Crippen molar-refractivity contribution < 1.29 is 22.7 Å². The van der Waals surface area contributed by atoms with Crippen LogP contribution in [-0.4, -0.2) is 33.1 Å². The van der Waals surface area contributed by atoms with E-state index in [2.05, 4.69) is 10.0 Å². The first-order chi connectivity index (χ1) is 15.2. The molecule has 2 N–H and O–H groups in total. The number of hydrogen-bond acceptors (Lipinski definition) is 5. The molecule has 2 aromatic carbocycles.